The normalized spacial score (nSPS) is 11.9. The highest BCUT2D eigenvalue weighted by Gasteiger charge is 2.33. The zero-order chi connectivity index (χ0) is 27.0. The number of benzene rings is 3. The molecule has 3 aromatic carbocycles. The highest BCUT2D eigenvalue weighted by molar-refractivity contribution is 7.92. The number of ether oxygens (including phenoxy) is 1. The van der Waals surface area contributed by atoms with Crippen molar-refractivity contribution < 1.29 is 22.7 Å². The molecule has 37 heavy (non-hydrogen) atoms. The van der Waals surface area contributed by atoms with E-state index in [-0.39, 0.29) is 23.0 Å². The Hall–Kier alpha value is -3.56. The molecule has 0 saturated heterocycles. The molecule has 0 aliphatic rings. The number of carbonyl (C=O) groups excluding carboxylic acids is 2. The Bertz CT molecular complexity index is 1320. The molecule has 0 radical (unpaired) electrons. The van der Waals surface area contributed by atoms with Crippen molar-refractivity contribution >= 4 is 39.1 Å². The predicted molar refractivity (Wildman–Crippen MR) is 144 cm³/mol. The molecule has 0 spiro atoms. The third-order valence-corrected chi connectivity index (χ3v) is 7.75. The monoisotopic (exact) mass is 543 g/mol. The number of hydrogen-bond acceptors (Lipinski definition) is 5. The smallest absolute Gasteiger partial charge is 0.264 e. The molecule has 0 aromatic heterocycles. The fourth-order valence-electron chi connectivity index (χ4n) is 3.76. The van der Waals surface area contributed by atoms with Crippen LogP contribution < -0.4 is 14.4 Å². The van der Waals surface area contributed by atoms with Crippen LogP contribution in [0.5, 0.6) is 5.75 Å². The Balaban J connectivity index is 2.08. The summed E-state index contributed by atoms with van der Waals surface area (Å²) < 4.78 is 34.4. The van der Waals surface area contributed by atoms with Crippen molar-refractivity contribution in [3.63, 3.8) is 0 Å². The standard InChI is InChI=1S/C27H30ClN3O5S/c1-4-36-25-13-9-8-12-24(25)31(37(34,35)23-16-14-22(28)15-17-23)19-26(32)30(20(2)27(33)29-3)18-21-10-6-5-7-11-21/h5-17,20H,4,18-19H2,1-3H3,(H,29,33)/t20-/m1/s1. The minimum atomic E-state index is -4.22. The summed E-state index contributed by atoms with van der Waals surface area (Å²) in [7, 11) is -2.73. The third-order valence-electron chi connectivity index (χ3n) is 5.72. The number of nitrogens with zero attached hydrogens (tertiary/aromatic N) is 2. The number of para-hydroxylation sites is 2. The minimum absolute atomic E-state index is 0.0371. The number of anilines is 1. The van der Waals surface area contributed by atoms with Crippen LogP contribution in [0.4, 0.5) is 5.69 Å². The zero-order valence-corrected chi connectivity index (χ0v) is 22.5. The van der Waals surface area contributed by atoms with Gasteiger partial charge in [0.1, 0.15) is 18.3 Å². The topological polar surface area (TPSA) is 96.0 Å². The first-order chi connectivity index (χ1) is 17.7. The summed E-state index contributed by atoms with van der Waals surface area (Å²) in [5, 5.41) is 2.94. The summed E-state index contributed by atoms with van der Waals surface area (Å²) in [6.45, 7) is 3.26. The van der Waals surface area contributed by atoms with Gasteiger partial charge in [0.25, 0.3) is 10.0 Å². The van der Waals surface area contributed by atoms with Crippen molar-refractivity contribution in [3.05, 3.63) is 89.4 Å². The molecular weight excluding hydrogens is 514 g/mol. The molecule has 3 aromatic rings. The van der Waals surface area contributed by atoms with E-state index < -0.39 is 28.5 Å². The lowest BCUT2D eigenvalue weighted by molar-refractivity contribution is -0.139. The molecule has 10 heteroatoms. The summed E-state index contributed by atoms with van der Waals surface area (Å²) in [4.78, 5) is 27.6. The van der Waals surface area contributed by atoms with E-state index in [2.05, 4.69) is 5.32 Å². The van der Waals surface area contributed by atoms with Gasteiger partial charge in [-0.05, 0) is 55.8 Å². The number of carbonyl (C=O) groups is 2. The Morgan fingerprint density at radius 1 is 0.973 bits per heavy atom. The lowest BCUT2D eigenvalue weighted by atomic mass is 10.1. The van der Waals surface area contributed by atoms with Crippen molar-refractivity contribution in [2.24, 2.45) is 0 Å². The molecule has 3 rings (SSSR count). The van der Waals surface area contributed by atoms with Gasteiger partial charge in [0.2, 0.25) is 11.8 Å². The average molecular weight is 544 g/mol. The van der Waals surface area contributed by atoms with Crippen LogP contribution in [0.15, 0.2) is 83.8 Å². The van der Waals surface area contributed by atoms with Crippen molar-refractivity contribution in [1.82, 2.24) is 10.2 Å². The Kier molecular flexibility index (Phi) is 9.54. The van der Waals surface area contributed by atoms with Crippen LogP contribution in [0.2, 0.25) is 5.02 Å². The predicted octanol–water partition coefficient (Wildman–Crippen LogP) is 4.10. The molecule has 1 atom stereocenters. The quantitative estimate of drug-likeness (QED) is 0.393. The summed E-state index contributed by atoms with van der Waals surface area (Å²) in [5.74, 6) is -0.612. The molecule has 0 aliphatic carbocycles. The molecule has 0 bridgehead atoms. The van der Waals surface area contributed by atoms with Crippen LogP contribution in [-0.4, -0.2) is 51.4 Å². The number of nitrogens with one attached hydrogen (secondary N) is 1. The Labute approximate surface area is 222 Å². The van der Waals surface area contributed by atoms with Gasteiger partial charge in [0, 0.05) is 18.6 Å². The molecule has 8 nitrogen and oxygen atoms in total. The van der Waals surface area contributed by atoms with E-state index >= 15 is 0 Å². The van der Waals surface area contributed by atoms with Gasteiger partial charge >= 0.3 is 0 Å². The van der Waals surface area contributed by atoms with E-state index in [9.17, 15) is 18.0 Å². The molecule has 196 valence electrons. The van der Waals surface area contributed by atoms with Gasteiger partial charge < -0.3 is 15.0 Å². The largest absolute Gasteiger partial charge is 0.492 e. The van der Waals surface area contributed by atoms with E-state index in [4.69, 9.17) is 16.3 Å². The lowest BCUT2D eigenvalue weighted by Gasteiger charge is -2.32. The van der Waals surface area contributed by atoms with Crippen LogP contribution in [0.3, 0.4) is 0 Å². The summed E-state index contributed by atoms with van der Waals surface area (Å²) >= 11 is 5.98. The fourth-order valence-corrected chi connectivity index (χ4v) is 5.31. The van der Waals surface area contributed by atoms with E-state index in [1.54, 1.807) is 38.1 Å². The molecular formula is C27H30ClN3O5S. The molecule has 0 fully saturated rings. The van der Waals surface area contributed by atoms with Crippen molar-refractivity contribution in [3.8, 4) is 5.75 Å². The van der Waals surface area contributed by atoms with Crippen LogP contribution in [-0.2, 0) is 26.2 Å². The SMILES string of the molecule is CCOc1ccccc1N(CC(=O)N(Cc1ccccc1)[C@H](C)C(=O)NC)S(=O)(=O)c1ccc(Cl)cc1. The van der Waals surface area contributed by atoms with Crippen LogP contribution >= 0.6 is 11.6 Å². The van der Waals surface area contributed by atoms with Gasteiger partial charge in [-0.1, -0.05) is 54.1 Å². The average Bonchev–Trinajstić information content (AvgIpc) is 2.90. The highest BCUT2D eigenvalue weighted by Crippen LogP contribution is 2.33. The molecule has 0 saturated carbocycles. The minimum Gasteiger partial charge on any atom is -0.492 e. The second kappa shape index (κ2) is 12.6. The first-order valence-corrected chi connectivity index (χ1v) is 13.6. The van der Waals surface area contributed by atoms with Crippen molar-refractivity contribution in [2.45, 2.75) is 31.3 Å². The van der Waals surface area contributed by atoms with Gasteiger partial charge in [0.05, 0.1) is 17.2 Å². The number of rotatable bonds is 11. The fraction of sp³-hybridized carbons (Fsp3) is 0.259. The van der Waals surface area contributed by atoms with E-state index in [0.717, 1.165) is 9.87 Å². The van der Waals surface area contributed by atoms with Crippen molar-refractivity contribution in [1.29, 1.82) is 0 Å². The van der Waals surface area contributed by atoms with Gasteiger partial charge in [-0.25, -0.2) is 8.42 Å². The van der Waals surface area contributed by atoms with E-state index in [1.807, 2.05) is 30.3 Å². The molecule has 0 heterocycles. The maximum atomic E-state index is 13.9. The molecule has 2 amide bonds. The lowest BCUT2D eigenvalue weighted by Crippen LogP contribution is -2.50. The second-order valence-corrected chi connectivity index (χ2v) is 10.5. The van der Waals surface area contributed by atoms with Crippen LogP contribution in [0.25, 0.3) is 0 Å². The van der Waals surface area contributed by atoms with Crippen molar-refractivity contribution in [2.75, 3.05) is 24.5 Å². The number of halogens is 1. The van der Waals surface area contributed by atoms with Gasteiger partial charge in [-0.15, -0.1) is 0 Å². The second-order valence-electron chi connectivity index (χ2n) is 8.16. The summed E-state index contributed by atoms with van der Waals surface area (Å²) in [5.41, 5.74) is 1.01. The van der Waals surface area contributed by atoms with Crippen LogP contribution in [0.1, 0.15) is 19.4 Å². The maximum Gasteiger partial charge on any atom is 0.264 e. The molecule has 0 aliphatic heterocycles. The first-order valence-electron chi connectivity index (χ1n) is 11.7. The highest BCUT2D eigenvalue weighted by atomic mass is 35.5. The van der Waals surface area contributed by atoms with Gasteiger partial charge in [0.15, 0.2) is 0 Å². The Morgan fingerprint density at radius 2 is 1.59 bits per heavy atom. The number of hydrogen-bond donors (Lipinski definition) is 1. The number of sulfonamides is 1. The maximum absolute atomic E-state index is 13.9. The molecule has 1 N–H and O–H groups in total. The van der Waals surface area contributed by atoms with Crippen LogP contribution in [0, 0.1) is 0 Å². The summed E-state index contributed by atoms with van der Waals surface area (Å²) in [6.07, 6.45) is 0. The van der Waals surface area contributed by atoms with Gasteiger partial charge in [-0.2, -0.15) is 0 Å². The third kappa shape index (κ3) is 6.81. The zero-order valence-electron chi connectivity index (χ0n) is 20.9. The summed E-state index contributed by atoms with van der Waals surface area (Å²) in [6, 6.07) is 20.7. The van der Waals surface area contributed by atoms with E-state index in [0.29, 0.717) is 17.4 Å². The van der Waals surface area contributed by atoms with E-state index in [1.165, 1.54) is 36.2 Å². The molecule has 0 unspecified atom stereocenters. The Morgan fingerprint density at radius 3 is 2.22 bits per heavy atom. The van der Waals surface area contributed by atoms with Gasteiger partial charge in [-0.3, -0.25) is 13.9 Å². The first kappa shape index (κ1) is 28.0. The number of amides is 2. The number of likely N-dealkylation sites (N-methyl/N-ethyl adjacent to an activating group) is 1.